The van der Waals surface area contributed by atoms with E-state index in [0.29, 0.717) is 12.2 Å². The van der Waals surface area contributed by atoms with Crippen molar-refractivity contribution in [3.63, 3.8) is 0 Å². The van der Waals surface area contributed by atoms with Crippen LogP contribution in [0.4, 0.5) is 0 Å². The maximum atomic E-state index is 12.5. The molecule has 0 aromatic carbocycles. The Morgan fingerprint density at radius 3 is 2.83 bits per heavy atom. The highest BCUT2D eigenvalue weighted by Crippen LogP contribution is 2.41. The van der Waals surface area contributed by atoms with E-state index in [4.69, 9.17) is 4.74 Å². The Kier molecular flexibility index (Phi) is 7.11. The molecule has 0 spiro atoms. The van der Waals surface area contributed by atoms with Gasteiger partial charge < -0.3 is 10.1 Å². The molecule has 3 heterocycles. The zero-order valence-corrected chi connectivity index (χ0v) is 20.3. The fourth-order valence-electron chi connectivity index (χ4n) is 4.27. The summed E-state index contributed by atoms with van der Waals surface area (Å²) >= 11 is 0. The standard InChI is InChI=1S/C26H29N7O3/c1-2-36-26(35)22-8-5-7-21(28-22)15-27-25(34)24-16-33(32-31-24)11-4-3-6-20-13-19-12-18(17-9-10-17)14-23(19)30-29-20/h5,7-8,12-13,16-17H,2-4,6,9-11,14-15H2,1H3,(H,27,34). The van der Waals surface area contributed by atoms with Crippen LogP contribution in [0.15, 0.2) is 36.0 Å². The van der Waals surface area contributed by atoms with Gasteiger partial charge in [-0.3, -0.25) is 9.48 Å². The second-order valence-electron chi connectivity index (χ2n) is 9.15. The fourth-order valence-corrected chi connectivity index (χ4v) is 4.27. The normalized spacial score (nSPS) is 14.3. The molecule has 0 aliphatic heterocycles. The van der Waals surface area contributed by atoms with Crippen molar-refractivity contribution in [1.82, 2.24) is 35.5 Å². The Balaban J connectivity index is 1.06. The van der Waals surface area contributed by atoms with E-state index in [1.54, 1.807) is 36.0 Å². The summed E-state index contributed by atoms with van der Waals surface area (Å²) in [6.07, 6.45) is 10.2. The molecule has 5 rings (SSSR count). The Morgan fingerprint density at radius 1 is 1.11 bits per heavy atom. The van der Waals surface area contributed by atoms with Crippen molar-refractivity contribution in [3.05, 3.63) is 70.1 Å². The van der Waals surface area contributed by atoms with E-state index in [1.807, 2.05) is 0 Å². The highest BCUT2D eigenvalue weighted by Gasteiger charge is 2.29. The molecule has 36 heavy (non-hydrogen) atoms. The number of nitrogens with one attached hydrogen (secondary N) is 1. The van der Waals surface area contributed by atoms with Crippen LogP contribution in [0, 0.1) is 5.92 Å². The highest BCUT2D eigenvalue weighted by molar-refractivity contribution is 5.91. The van der Waals surface area contributed by atoms with Crippen LogP contribution in [-0.4, -0.2) is 48.7 Å². The number of esters is 1. The van der Waals surface area contributed by atoms with Crippen LogP contribution in [-0.2, 0) is 30.7 Å². The molecule has 0 unspecified atom stereocenters. The summed E-state index contributed by atoms with van der Waals surface area (Å²) < 4.78 is 6.63. The lowest BCUT2D eigenvalue weighted by Crippen LogP contribution is -2.24. The summed E-state index contributed by atoms with van der Waals surface area (Å²) in [6, 6.07) is 7.18. The average molecular weight is 488 g/mol. The number of allylic oxidation sites excluding steroid dienone is 1. The van der Waals surface area contributed by atoms with E-state index in [9.17, 15) is 9.59 Å². The molecular formula is C26H29N7O3. The number of nitrogens with zero attached hydrogens (tertiary/aromatic N) is 6. The van der Waals surface area contributed by atoms with E-state index < -0.39 is 5.97 Å². The molecule has 186 valence electrons. The third-order valence-corrected chi connectivity index (χ3v) is 6.33. The number of carbonyl (C=O) groups excluding carboxylic acids is 2. The Bertz CT molecular complexity index is 1300. The largest absolute Gasteiger partial charge is 0.461 e. The van der Waals surface area contributed by atoms with Crippen molar-refractivity contribution in [3.8, 4) is 0 Å². The van der Waals surface area contributed by atoms with Crippen molar-refractivity contribution in [2.75, 3.05) is 6.61 Å². The number of carbonyl (C=O) groups is 2. The van der Waals surface area contributed by atoms with Crippen LogP contribution in [0.1, 0.15) is 76.2 Å². The first kappa shape index (κ1) is 23.8. The molecule has 10 heteroatoms. The predicted octanol–water partition coefficient (Wildman–Crippen LogP) is 2.94. The zero-order chi connectivity index (χ0) is 24.9. The Morgan fingerprint density at radius 2 is 2.00 bits per heavy atom. The maximum Gasteiger partial charge on any atom is 0.356 e. The smallest absolute Gasteiger partial charge is 0.356 e. The summed E-state index contributed by atoms with van der Waals surface area (Å²) in [4.78, 5) is 28.5. The molecule has 0 radical (unpaired) electrons. The molecule has 2 aliphatic rings. The van der Waals surface area contributed by atoms with Crippen LogP contribution in [0.3, 0.4) is 0 Å². The molecule has 1 N–H and O–H groups in total. The monoisotopic (exact) mass is 487 g/mol. The number of ether oxygens (including phenoxy) is 1. The van der Waals surface area contributed by atoms with Crippen LogP contribution in [0.25, 0.3) is 6.08 Å². The van der Waals surface area contributed by atoms with Crippen LogP contribution < -0.4 is 5.32 Å². The molecule has 2 aliphatic carbocycles. The van der Waals surface area contributed by atoms with E-state index in [0.717, 1.165) is 43.0 Å². The van der Waals surface area contributed by atoms with Gasteiger partial charge in [0.1, 0.15) is 5.69 Å². The second-order valence-corrected chi connectivity index (χ2v) is 9.15. The van der Waals surface area contributed by atoms with Crippen LogP contribution >= 0.6 is 0 Å². The molecule has 3 aromatic heterocycles. The molecular weight excluding hydrogens is 458 g/mol. The number of hydrogen-bond acceptors (Lipinski definition) is 8. The van der Waals surface area contributed by atoms with Gasteiger partial charge in [-0.2, -0.15) is 10.2 Å². The number of unbranched alkanes of at least 4 members (excludes halogenated alkanes) is 1. The van der Waals surface area contributed by atoms with Gasteiger partial charge in [0.15, 0.2) is 5.69 Å². The zero-order valence-electron chi connectivity index (χ0n) is 20.3. The first-order chi connectivity index (χ1) is 17.6. The summed E-state index contributed by atoms with van der Waals surface area (Å²) in [5, 5.41) is 19.6. The van der Waals surface area contributed by atoms with Crippen molar-refractivity contribution in [2.24, 2.45) is 5.92 Å². The molecule has 1 fully saturated rings. The van der Waals surface area contributed by atoms with Gasteiger partial charge in [-0.15, -0.1) is 5.10 Å². The minimum absolute atomic E-state index is 0.165. The van der Waals surface area contributed by atoms with Gasteiger partial charge in [0.05, 0.1) is 36.4 Å². The van der Waals surface area contributed by atoms with Gasteiger partial charge in [0.25, 0.3) is 5.91 Å². The van der Waals surface area contributed by atoms with E-state index in [1.165, 1.54) is 24.0 Å². The van der Waals surface area contributed by atoms with Crippen molar-refractivity contribution < 1.29 is 14.3 Å². The lowest BCUT2D eigenvalue weighted by molar-refractivity contribution is 0.0519. The summed E-state index contributed by atoms with van der Waals surface area (Å²) in [6.45, 7) is 2.84. The minimum Gasteiger partial charge on any atom is -0.461 e. The number of aryl methyl sites for hydroxylation is 2. The van der Waals surface area contributed by atoms with Gasteiger partial charge in [0, 0.05) is 13.0 Å². The van der Waals surface area contributed by atoms with Crippen LogP contribution in [0.5, 0.6) is 0 Å². The number of hydrogen-bond donors (Lipinski definition) is 1. The Labute approximate surface area is 209 Å². The highest BCUT2D eigenvalue weighted by atomic mass is 16.5. The fraction of sp³-hybridized carbons (Fsp3) is 0.423. The molecule has 1 saturated carbocycles. The lowest BCUT2D eigenvalue weighted by atomic mass is 10.1. The second kappa shape index (κ2) is 10.8. The van der Waals surface area contributed by atoms with Crippen LogP contribution in [0.2, 0.25) is 0 Å². The van der Waals surface area contributed by atoms with E-state index in [-0.39, 0.29) is 30.4 Å². The number of rotatable bonds is 11. The molecule has 10 nitrogen and oxygen atoms in total. The number of pyridine rings is 1. The first-order valence-electron chi connectivity index (χ1n) is 12.5. The summed E-state index contributed by atoms with van der Waals surface area (Å²) in [5.74, 6) is -0.0653. The lowest BCUT2D eigenvalue weighted by Gasteiger charge is -2.05. The molecule has 0 saturated heterocycles. The van der Waals surface area contributed by atoms with Crippen molar-refractivity contribution >= 4 is 18.0 Å². The van der Waals surface area contributed by atoms with E-state index in [2.05, 4.69) is 43.0 Å². The molecule has 0 atom stereocenters. The molecule has 1 amide bonds. The number of aromatic nitrogens is 6. The minimum atomic E-state index is -0.489. The van der Waals surface area contributed by atoms with E-state index >= 15 is 0 Å². The summed E-state index contributed by atoms with van der Waals surface area (Å²) in [5.41, 5.74) is 5.87. The topological polar surface area (TPSA) is 125 Å². The van der Waals surface area contributed by atoms with Gasteiger partial charge in [-0.25, -0.2) is 9.78 Å². The van der Waals surface area contributed by atoms with Gasteiger partial charge in [-0.1, -0.05) is 22.9 Å². The van der Waals surface area contributed by atoms with Gasteiger partial charge in [-0.05, 0) is 68.7 Å². The molecule has 0 bridgehead atoms. The number of fused-ring (bicyclic) bond motifs is 1. The quantitative estimate of drug-likeness (QED) is 0.323. The van der Waals surface area contributed by atoms with Crippen molar-refractivity contribution in [2.45, 2.75) is 58.5 Å². The SMILES string of the molecule is CCOC(=O)c1cccc(CNC(=O)c2cn(CCCCc3cc4c(nn3)CC(C3CC3)=C4)nn2)n1. The number of amides is 1. The first-order valence-corrected chi connectivity index (χ1v) is 12.5. The third kappa shape index (κ3) is 5.81. The predicted molar refractivity (Wildman–Crippen MR) is 131 cm³/mol. The van der Waals surface area contributed by atoms with Gasteiger partial charge in [0.2, 0.25) is 0 Å². The molecule has 3 aromatic rings. The van der Waals surface area contributed by atoms with Gasteiger partial charge >= 0.3 is 5.97 Å². The van der Waals surface area contributed by atoms with Crippen molar-refractivity contribution in [1.29, 1.82) is 0 Å². The third-order valence-electron chi connectivity index (χ3n) is 6.33. The average Bonchev–Trinajstić information content (AvgIpc) is 3.48. The summed E-state index contributed by atoms with van der Waals surface area (Å²) in [7, 11) is 0. The maximum absolute atomic E-state index is 12.5. The Hall–Kier alpha value is -3.95.